The van der Waals surface area contributed by atoms with Crippen molar-refractivity contribution in [2.75, 3.05) is 26.5 Å². The zero-order chi connectivity index (χ0) is 14.9. The molecule has 0 radical (unpaired) electrons. The van der Waals surface area contributed by atoms with E-state index in [2.05, 4.69) is 10.1 Å². The number of ether oxygens (including phenoxy) is 1. The van der Waals surface area contributed by atoms with Gasteiger partial charge in [0.1, 0.15) is 0 Å². The molecule has 2 atom stereocenters. The highest BCUT2D eigenvalue weighted by molar-refractivity contribution is 7.91. The second kappa shape index (κ2) is 5.59. The predicted molar refractivity (Wildman–Crippen MR) is 71.9 cm³/mol. The smallest absolute Gasteiger partial charge is 0.317 e. The molecule has 0 spiro atoms. The van der Waals surface area contributed by atoms with Crippen molar-refractivity contribution in [1.29, 1.82) is 0 Å². The number of carbonyl (C=O) groups excluding carboxylic acids is 2. The second-order valence-electron chi connectivity index (χ2n) is 5.54. The summed E-state index contributed by atoms with van der Waals surface area (Å²) in [5.74, 6) is -0.381. The summed E-state index contributed by atoms with van der Waals surface area (Å²) in [6.45, 7) is 0.496. The first-order valence-electron chi connectivity index (χ1n) is 6.63. The van der Waals surface area contributed by atoms with Crippen LogP contribution in [0.5, 0.6) is 0 Å². The highest BCUT2D eigenvalue weighted by Crippen LogP contribution is 2.27. The Bertz CT molecular complexity index is 498. The molecular formula is C12H20N2O5S. The number of rotatable bonds is 3. The molecule has 2 fully saturated rings. The molecule has 2 aliphatic rings. The van der Waals surface area contributed by atoms with E-state index in [0.29, 0.717) is 12.8 Å². The van der Waals surface area contributed by atoms with Gasteiger partial charge in [-0.3, -0.25) is 4.79 Å². The average Bonchev–Trinajstić information content (AvgIpc) is 2.72. The van der Waals surface area contributed by atoms with Crippen LogP contribution in [0.4, 0.5) is 4.79 Å². The van der Waals surface area contributed by atoms with Crippen molar-refractivity contribution in [3.05, 3.63) is 0 Å². The number of hydrogen-bond donors (Lipinski definition) is 1. The molecule has 2 rings (SSSR count). The van der Waals surface area contributed by atoms with Crippen molar-refractivity contribution in [1.82, 2.24) is 10.2 Å². The maximum atomic E-state index is 11.9. The Hall–Kier alpha value is -1.31. The third kappa shape index (κ3) is 3.23. The highest BCUT2D eigenvalue weighted by Gasteiger charge is 2.39. The fraction of sp³-hybridized carbons (Fsp3) is 0.833. The number of nitrogens with zero attached hydrogens (tertiary/aromatic N) is 1. The first-order valence-corrected chi connectivity index (χ1v) is 8.59. The first-order chi connectivity index (χ1) is 9.31. The largest absolute Gasteiger partial charge is 0.469 e. The number of carbonyl (C=O) groups is 2. The van der Waals surface area contributed by atoms with Gasteiger partial charge in [-0.15, -0.1) is 0 Å². The van der Waals surface area contributed by atoms with E-state index < -0.39 is 15.1 Å². The standard InChI is InChI=1S/C12H20N2O5S/c1-19-11(15)8-3-4-9(5-8)13-12(16)14-6-10(7-14)20(2,17)18/h8-10H,3-7H2,1-2H3,(H,13,16)/t8-,9+/m0/s1. The number of methoxy groups -OCH3 is 1. The minimum Gasteiger partial charge on any atom is -0.469 e. The maximum Gasteiger partial charge on any atom is 0.317 e. The van der Waals surface area contributed by atoms with Crippen LogP contribution in [0, 0.1) is 5.92 Å². The number of likely N-dealkylation sites (tertiary alicyclic amines) is 1. The molecule has 7 nitrogen and oxygen atoms in total. The number of urea groups is 1. The van der Waals surface area contributed by atoms with Crippen LogP contribution in [-0.2, 0) is 19.4 Å². The predicted octanol–water partition coefficient (Wildman–Crippen LogP) is -0.233. The summed E-state index contributed by atoms with van der Waals surface area (Å²) in [6, 6.07) is -0.288. The molecule has 1 heterocycles. The van der Waals surface area contributed by atoms with Crippen molar-refractivity contribution in [3.63, 3.8) is 0 Å². The van der Waals surface area contributed by atoms with Crippen LogP contribution in [0.2, 0.25) is 0 Å². The number of hydrogen-bond acceptors (Lipinski definition) is 5. The molecule has 0 aromatic carbocycles. The van der Waals surface area contributed by atoms with Gasteiger partial charge in [-0.25, -0.2) is 13.2 Å². The molecule has 0 bridgehead atoms. The Morgan fingerprint density at radius 3 is 2.45 bits per heavy atom. The molecule has 1 saturated heterocycles. The van der Waals surface area contributed by atoms with Crippen LogP contribution >= 0.6 is 0 Å². The van der Waals surface area contributed by atoms with Crippen molar-refractivity contribution in [2.45, 2.75) is 30.6 Å². The topological polar surface area (TPSA) is 92.8 Å². The van der Waals surface area contributed by atoms with Crippen LogP contribution in [0.1, 0.15) is 19.3 Å². The molecular weight excluding hydrogens is 284 g/mol. The fourth-order valence-corrected chi connectivity index (χ4v) is 3.54. The Morgan fingerprint density at radius 2 is 1.90 bits per heavy atom. The molecule has 114 valence electrons. The maximum absolute atomic E-state index is 11.9. The van der Waals surface area contributed by atoms with E-state index >= 15 is 0 Å². The summed E-state index contributed by atoms with van der Waals surface area (Å²) in [7, 11) is -1.71. The van der Waals surface area contributed by atoms with E-state index in [1.807, 2.05) is 0 Å². The van der Waals surface area contributed by atoms with Crippen molar-refractivity contribution >= 4 is 21.8 Å². The van der Waals surface area contributed by atoms with Crippen LogP contribution in [0.3, 0.4) is 0 Å². The molecule has 0 aromatic heterocycles. The average molecular weight is 304 g/mol. The van der Waals surface area contributed by atoms with Crippen LogP contribution in [-0.4, -0.2) is 63.1 Å². The van der Waals surface area contributed by atoms with Gasteiger partial charge < -0.3 is 15.0 Å². The summed E-state index contributed by atoms with van der Waals surface area (Å²) in [4.78, 5) is 24.8. The molecule has 0 aromatic rings. The normalized spacial score (nSPS) is 27.0. The zero-order valence-corrected chi connectivity index (χ0v) is 12.5. The van der Waals surface area contributed by atoms with Gasteiger partial charge in [-0.1, -0.05) is 0 Å². The van der Waals surface area contributed by atoms with Crippen molar-refractivity contribution in [3.8, 4) is 0 Å². The van der Waals surface area contributed by atoms with Gasteiger partial charge in [0.15, 0.2) is 9.84 Å². The molecule has 1 saturated carbocycles. The lowest BCUT2D eigenvalue weighted by atomic mass is 10.1. The molecule has 2 amide bonds. The lowest BCUT2D eigenvalue weighted by Gasteiger charge is -2.38. The summed E-state index contributed by atoms with van der Waals surface area (Å²) in [5.41, 5.74) is 0. The Kier molecular flexibility index (Phi) is 4.22. The Balaban J connectivity index is 1.76. The lowest BCUT2D eigenvalue weighted by molar-refractivity contribution is -0.145. The van der Waals surface area contributed by atoms with Crippen LogP contribution < -0.4 is 5.32 Å². The number of sulfone groups is 1. The SMILES string of the molecule is COC(=O)[C@H]1CC[C@@H](NC(=O)N2CC(S(C)(=O)=O)C2)C1. The number of esters is 1. The molecule has 20 heavy (non-hydrogen) atoms. The van der Waals surface area contributed by atoms with E-state index in [1.54, 1.807) is 0 Å². The van der Waals surface area contributed by atoms with E-state index in [0.717, 1.165) is 6.42 Å². The Morgan fingerprint density at radius 1 is 1.25 bits per heavy atom. The second-order valence-corrected chi connectivity index (χ2v) is 7.86. The highest BCUT2D eigenvalue weighted by atomic mass is 32.2. The summed E-state index contributed by atoms with van der Waals surface area (Å²) in [6.07, 6.45) is 3.23. The van der Waals surface area contributed by atoms with Crippen molar-refractivity contribution < 1.29 is 22.7 Å². The van der Waals surface area contributed by atoms with Gasteiger partial charge in [0.2, 0.25) is 0 Å². The van der Waals surface area contributed by atoms with E-state index in [-0.39, 0.29) is 37.0 Å². The molecule has 1 N–H and O–H groups in total. The first kappa shape index (κ1) is 15.1. The Labute approximate surface area is 118 Å². The van der Waals surface area contributed by atoms with Gasteiger partial charge in [-0.05, 0) is 19.3 Å². The molecule has 8 heteroatoms. The quantitative estimate of drug-likeness (QED) is 0.727. The third-order valence-corrected chi connectivity index (χ3v) is 5.54. The van der Waals surface area contributed by atoms with Gasteiger partial charge in [0.05, 0.1) is 18.3 Å². The number of nitrogens with one attached hydrogen (secondary N) is 1. The molecule has 1 aliphatic carbocycles. The summed E-state index contributed by atoms with van der Waals surface area (Å²) < 4.78 is 27.2. The van der Waals surface area contributed by atoms with Gasteiger partial charge in [0, 0.05) is 25.4 Å². The molecule has 0 unspecified atom stereocenters. The van der Waals surface area contributed by atoms with E-state index in [1.165, 1.54) is 18.3 Å². The minimum absolute atomic E-state index is 0.0381. The summed E-state index contributed by atoms with van der Waals surface area (Å²) in [5, 5.41) is 2.40. The number of amides is 2. The zero-order valence-electron chi connectivity index (χ0n) is 11.7. The van der Waals surface area contributed by atoms with Crippen LogP contribution in [0.15, 0.2) is 0 Å². The van der Waals surface area contributed by atoms with Crippen LogP contribution in [0.25, 0.3) is 0 Å². The lowest BCUT2D eigenvalue weighted by Crippen LogP contribution is -2.60. The fourth-order valence-electron chi connectivity index (χ4n) is 2.63. The minimum atomic E-state index is -3.07. The van der Waals surface area contributed by atoms with E-state index in [9.17, 15) is 18.0 Å². The van der Waals surface area contributed by atoms with Crippen molar-refractivity contribution in [2.24, 2.45) is 5.92 Å². The molecule has 1 aliphatic heterocycles. The third-order valence-electron chi connectivity index (χ3n) is 4.04. The summed E-state index contributed by atoms with van der Waals surface area (Å²) >= 11 is 0. The van der Waals surface area contributed by atoms with E-state index in [4.69, 9.17) is 0 Å². The van der Waals surface area contributed by atoms with Gasteiger partial charge >= 0.3 is 12.0 Å². The van der Waals surface area contributed by atoms with Gasteiger partial charge in [0.25, 0.3) is 0 Å². The van der Waals surface area contributed by atoms with Gasteiger partial charge in [-0.2, -0.15) is 0 Å². The monoisotopic (exact) mass is 304 g/mol.